The van der Waals surface area contributed by atoms with Crippen LogP contribution in [0.25, 0.3) is 0 Å². The molecule has 2 rings (SSSR count). The number of carbonyl (C=O) groups excluding carboxylic acids is 2. The van der Waals surface area contributed by atoms with Crippen LogP contribution in [-0.2, 0) is 4.79 Å². The van der Waals surface area contributed by atoms with E-state index in [1.54, 1.807) is 24.3 Å². The lowest BCUT2D eigenvalue weighted by Gasteiger charge is -2.32. The smallest absolute Gasteiger partial charge is 0.166 e. The highest BCUT2D eigenvalue weighted by Crippen LogP contribution is 2.35. The zero-order valence-electron chi connectivity index (χ0n) is 11.2. The first kappa shape index (κ1) is 13.5. The molecule has 2 atom stereocenters. The van der Waals surface area contributed by atoms with E-state index in [1.807, 2.05) is 19.9 Å². The van der Waals surface area contributed by atoms with Gasteiger partial charge in [-0.05, 0) is 26.7 Å². The minimum atomic E-state index is -1.12. The number of carboxylic acids is 1. The molecular formula is C16H17O3-. The number of carboxylic acid groups (broad SMARTS) is 1. The number of benzene rings is 1. The number of aliphatic carboxylic acids is 1. The lowest BCUT2D eigenvalue weighted by molar-refractivity contribution is -0.313. The quantitative estimate of drug-likeness (QED) is 0.614. The molecule has 0 unspecified atom stereocenters. The van der Waals surface area contributed by atoms with Gasteiger partial charge in [0.15, 0.2) is 5.78 Å². The van der Waals surface area contributed by atoms with Crippen LogP contribution < -0.4 is 5.11 Å². The van der Waals surface area contributed by atoms with Crippen molar-refractivity contribution in [2.75, 3.05) is 0 Å². The molecule has 0 heterocycles. The first-order chi connectivity index (χ1) is 9.00. The van der Waals surface area contributed by atoms with E-state index in [1.165, 1.54) is 0 Å². The molecule has 0 aliphatic heterocycles. The predicted octanol–water partition coefficient (Wildman–Crippen LogP) is 1.98. The standard InChI is InChI=1S/C16H18O3/c1-10-8-13(14(16(18)19)9-11(10)2)15(17)12-6-4-3-5-7-12/h3-7,13-14H,8-9H2,1-2H3,(H,18,19)/p-1/t13-,14+/m1/s1. The molecule has 100 valence electrons. The zero-order valence-corrected chi connectivity index (χ0v) is 11.2. The van der Waals surface area contributed by atoms with E-state index in [-0.39, 0.29) is 5.78 Å². The van der Waals surface area contributed by atoms with Crippen molar-refractivity contribution < 1.29 is 14.7 Å². The Kier molecular flexibility index (Phi) is 3.84. The molecule has 0 radical (unpaired) electrons. The highest BCUT2D eigenvalue weighted by atomic mass is 16.4. The second kappa shape index (κ2) is 5.39. The van der Waals surface area contributed by atoms with Gasteiger partial charge in [0.05, 0.1) is 0 Å². The van der Waals surface area contributed by atoms with Crippen LogP contribution in [0.5, 0.6) is 0 Å². The Morgan fingerprint density at radius 1 is 1.00 bits per heavy atom. The summed E-state index contributed by atoms with van der Waals surface area (Å²) < 4.78 is 0. The van der Waals surface area contributed by atoms with Gasteiger partial charge in [0.25, 0.3) is 0 Å². The molecule has 0 amide bonds. The Bertz CT molecular complexity index is 528. The Morgan fingerprint density at radius 3 is 2.05 bits per heavy atom. The van der Waals surface area contributed by atoms with Crippen molar-refractivity contribution in [3.63, 3.8) is 0 Å². The van der Waals surface area contributed by atoms with E-state index in [4.69, 9.17) is 0 Å². The van der Waals surface area contributed by atoms with E-state index in [9.17, 15) is 14.7 Å². The molecule has 0 N–H and O–H groups in total. The molecule has 0 fully saturated rings. The summed E-state index contributed by atoms with van der Waals surface area (Å²) in [6.45, 7) is 3.89. The van der Waals surface area contributed by atoms with Crippen molar-refractivity contribution in [2.24, 2.45) is 11.8 Å². The van der Waals surface area contributed by atoms with E-state index in [2.05, 4.69) is 0 Å². The van der Waals surface area contributed by atoms with Crippen LogP contribution in [0.2, 0.25) is 0 Å². The first-order valence-corrected chi connectivity index (χ1v) is 6.46. The number of hydrogen-bond donors (Lipinski definition) is 0. The minimum absolute atomic E-state index is 0.0957. The third-order valence-corrected chi connectivity index (χ3v) is 3.96. The summed E-state index contributed by atoms with van der Waals surface area (Å²) >= 11 is 0. The molecule has 1 aromatic rings. The summed E-state index contributed by atoms with van der Waals surface area (Å²) in [6.07, 6.45) is 0.926. The molecule has 0 bridgehead atoms. The molecular weight excluding hydrogens is 240 g/mol. The zero-order chi connectivity index (χ0) is 14.0. The highest BCUT2D eigenvalue weighted by Gasteiger charge is 2.33. The first-order valence-electron chi connectivity index (χ1n) is 6.46. The van der Waals surface area contributed by atoms with Crippen molar-refractivity contribution in [1.29, 1.82) is 0 Å². The number of hydrogen-bond acceptors (Lipinski definition) is 3. The normalized spacial score (nSPS) is 23.3. The fraction of sp³-hybridized carbons (Fsp3) is 0.375. The Balaban J connectivity index is 2.31. The summed E-state index contributed by atoms with van der Waals surface area (Å²) in [6, 6.07) is 8.88. The van der Waals surface area contributed by atoms with E-state index < -0.39 is 17.8 Å². The van der Waals surface area contributed by atoms with Gasteiger partial charge in [-0.15, -0.1) is 0 Å². The van der Waals surface area contributed by atoms with Crippen molar-refractivity contribution in [1.82, 2.24) is 0 Å². The summed E-state index contributed by atoms with van der Waals surface area (Å²) in [4.78, 5) is 23.7. The fourth-order valence-electron chi connectivity index (χ4n) is 2.63. The maximum Gasteiger partial charge on any atom is 0.166 e. The number of allylic oxidation sites excluding steroid dienone is 2. The Hall–Kier alpha value is -1.90. The van der Waals surface area contributed by atoms with Gasteiger partial charge >= 0.3 is 0 Å². The Labute approximate surface area is 113 Å². The lowest BCUT2D eigenvalue weighted by Crippen LogP contribution is -2.41. The number of ketones is 1. The molecule has 0 saturated carbocycles. The summed E-state index contributed by atoms with van der Waals surface area (Å²) in [5.41, 5.74) is 2.75. The largest absolute Gasteiger partial charge is 0.550 e. The molecule has 19 heavy (non-hydrogen) atoms. The van der Waals surface area contributed by atoms with Crippen LogP contribution in [0, 0.1) is 11.8 Å². The van der Waals surface area contributed by atoms with Crippen molar-refractivity contribution in [2.45, 2.75) is 26.7 Å². The molecule has 1 aliphatic carbocycles. The van der Waals surface area contributed by atoms with E-state index in [0.29, 0.717) is 18.4 Å². The van der Waals surface area contributed by atoms with Crippen LogP contribution in [0.4, 0.5) is 0 Å². The van der Waals surface area contributed by atoms with Crippen LogP contribution in [0.3, 0.4) is 0 Å². The van der Waals surface area contributed by atoms with Gasteiger partial charge in [-0.2, -0.15) is 0 Å². The van der Waals surface area contributed by atoms with E-state index in [0.717, 1.165) is 11.1 Å². The average Bonchev–Trinajstić information content (AvgIpc) is 2.41. The van der Waals surface area contributed by atoms with Gasteiger partial charge in [-0.3, -0.25) is 4.79 Å². The molecule has 0 saturated heterocycles. The topological polar surface area (TPSA) is 57.2 Å². The highest BCUT2D eigenvalue weighted by molar-refractivity contribution is 6.00. The third kappa shape index (κ3) is 2.75. The van der Waals surface area contributed by atoms with Crippen molar-refractivity contribution in [3.05, 3.63) is 47.0 Å². The van der Waals surface area contributed by atoms with Gasteiger partial charge in [-0.25, -0.2) is 0 Å². The van der Waals surface area contributed by atoms with Gasteiger partial charge in [0, 0.05) is 23.4 Å². The molecule has 0 spiro atoms. The minimum Gasteiger partial charge on any atom is -0.550 e. The summed E-state index contributed by atoms with van der Waals surface area (Å²) in [5.74, 6) is -2.43. The molecule has 0 aromatic heterocycles. The molecule has 1 aromatic carbocycles. The second-order valence-corrected chi connectivity index (χ2v) is 5.23. The van der Waals surface area contributed by atoms with Crippen molar-refractivity contribution >= 4 is 11.8 Å². The summed E-state index contributed by atoms with van der Waals surface area (Å²) in [5, 5.41) is 11.3. The van der Waals surface area contributed by atoms with Crippen LogP contribution >= 0.6 is 0 Å². The summed E-state index contributed by atoms with van der Waals surface area (Å²) in [7, 11) is 0. The number of rotatable bonds is 3. The van der Waals surface area contributed by atoms with Crippen molar-refractivity contribution in [3.8, 4) is 0 Å². The van der Waals surface area contributed by atoms with Gasteiger partial charge in [0.1, 0.15) is 0 Å². The predicted molar refractivity (Wildman–Crippen MR) is 70.4 cm³/mol. The third-order valence-electron chi connectivity index (χ3n) is 3.96. The number of carbonyl (C=O) groups is 2. The SMILES string of the molecule is CC1=C(C)C[C@@H](C(=O)c2ccccc2)[C@@H](C(=O)[O-])C1. The lowest BCUT2D eigenvalue weighted by atomic mass is 9.73. The van der Waals surface area contributed by atoms with Gasteiger partial charge < -0.3 is 9.90 Å². The molecule has 1 aliphatic rings. The molecule has 3 heteroatoms. The van der Waals surface area contributed by atoms with Crippen LogP contribution in [-0.4, -0.2) is 11.8 Å². The van der Waals surface area contributed by atoms with Crippen LogP contribution in [0.15, 0.2) is 41.5 Å². The maximum atomic E-state index is 12.5. The van der Waals surface area contributed by atoms with Gasteiger partial charge in [0.2, 0.25) is 0 Å². The maximum absolute atomic E-state index is 12.5. The van der Waals surface area contributed by atoms with Crippen LogP contribution in [0.1, 0.15) is 37.0 Å². The monoisotopic (exact) mass is 257 g/mol. The molecule has 3 nitrogen and oxygen atoms in total. The number of Topliss-reactive ketones (excluding diaryl/α,β-unsaturated/α-hetero) is 1. The average molecular weight is 257 g/mol. The van der Waals surface area contributed by atoms with Gasteiger partial charge in [-0.1, -0.05) is 41.5 Å². The second-order valence-electron chi connectivity index (χ2n) is 5.23. The van der Waals surface area contributed by atoms with E-state index >= 15 is 0 Å². The Morgan fingerprint density at radius 2 is 1.53 bits per heavy atom. The fourth-order valence-corrected chi connectivity index (χ4v) is 2.63.